The number of aryl methyl sites for hydroxylation is 2. The molecule has 1 fully saturated rings. The van der Waals surface area contributed by atoms with E-state index in [1.165, 1.54) is 0 Å². The van der Waals surface area contributed by atoms with Crippen molar-refractivity contribution in [2.75, 3.05) is 19.7 Å². The smallest absolute Gasteiger partial charge is 0.260 e. The van der Waals surface area contributed by atoms with Crippen LogP contribution in [0.2, 0.25) is 0 Å². The second kappa shape index (κ2) is 6.17. The first-order valence-electron chi connectivity index (χ1n) is 7.26. The van der Waals surface area contributed by atoms with Gasteiger partial charge in [0.1, 0.15) is 5.76 Å². The highest BCUT2D eigenvalue weighted by Crippen LogP contribution is 2.25. The first-order chi connectivity index (χ1) is 10.6. The van der Waals surface area contributed by atoms with Gasteiger partial charge in [0.2, 0.25) is 5.89 Å². The molecule has 0 N–H and O–H groups in total. The molecule has 1 unspecified atom stereocenters. The zero-order valence-electron chi connectivity index (χ0n) is 12.6. The van der Waals surface area contributed by atoms with Crippen molar-refractivity contribution in [1.82, 2.24) is 20.2 Å². The van der Waals surface area contributed by atoms with Crippen LogP contribution in [0.25, 0.3) is 0 Å². The highest BCUT2D eigenvalue weighted by molar-refractivity contribution is 5.77. The normalized spacial score (nSPS) is 18.5. The summed E-state index contributed by atoms with van der Waals surface area (Å²) in [5.74, 6) is 2.22. The number of aromatic nitrogens is 3. The van der Waals surface area contributed by atoms with E-state index in [-0.39, 0.29) is 18.4 Å². The van der Waals surface area contributed by atoms with Crippen LogP contribution in [0.15, 0.2) is 15.1 Å². The van der Waals surface area contributed by atoms with Crippen LogP contribution in [0.3, 0.4) is 0 Å². The van der Waals surface area contributed by atoms with Gasteiger partial charge in [0.15, 0.2) is 12.4 Å². The molecule has 118 valence electrons. The maximum absolute atomic E-state index is 12.2. The molecule has 0 aromatic carbocycles. The first kappa shape index (κ1) is 14.6. The van der Waals surface area contributed by atoms with Gasteiger partial charge in [-0.15, -0.1) is 0 Å². The standard InChI is InChI=1S/C14H18N4O4/c1-9-6-12(16-21-9)20-8-13(19)18-5-3-4-11(7-18)14-15-10(2)22-17-14/h6,11H,3-5,7-8H2,1-2H3. The zero-order valence-corrected chi connectivity index (χ0v) is 12.6. The van der Waals surface area contributed by atoms with Crippen molar-refractivity contribution in [1.29, 1.82) is 0 Å². The van der Waals surface area contributed by atoms with Crippen LogP contribution in [0.5, 0.6) is 5.88 Å². The third-order valence-corrected chi connectivity index (χ3v) is 3.63. The first-order valence-corrected chi connectivity index (χ1v) is 7.26. The topological polar surface area (TPSA) is 94.5 Å². The number of likely N-dealkylation sites (tertiary alicyclic amines) is 1. The van der Waals surface area contributed by atoms with E-state index in [9.17, 15) is 4.79 Å². The zero-order chi connectivity index (χ0) is 15.5. The van der Waals surface area contributed by atoms with E-state index >= 15 is 0 Å². The molecule has 0 bridgehead atoms. The Labute approximate surface area is 127 Å². The van der Waals surface area contributed by atoms with Crippen LogP contribution >= 0.6 is 0 Å². The van der Waals surface area contributed by atoms with Crippen LogP contribution in [0.4, 0.5) is 0 Å². The summed E-state index contributed by atoms with van der Waals surface area (Å²) in [7, 11) is 0. The largest absolute Gasteiger partial charge is 0.465 e. The molecule has 8 nitrogen and oxygen atoms in total. The molecule has 3 heterocycles. The number of carbonyl (C=O) groups is 1. The van der Waals surface area contributed by atoms with Gasteiger partial charge in [0, 0.05) is 32.0 Å². The summed E-state index contributed by atoms with van der Waals surface area (Å²) in [5.41, 5.74) is 0. The predicted molar refractivity (Wildman–Crippen MR) is 74.3 cm³/mol. The second-order valence-electron chi connectivity index (χ2n) is 5.41. The SMILES string of the molecule is Cc1cc(OCC(=O)N2CCCC(c3noc(C)n3)C2)no1. The van der Waals surface area contributed by atoms with Crippen molar-refractivity contribution in [2.45, 2.75) is 32.6 Å². The molecule has 1 aliphatic rings. The molecule has 22 heavy (non-hydrogen) atoms. The lowest BCUT2D eigenvalue weighted by Crippen LogP contribution is -2.41. The van der Waals surface area contributed by atoms with E-state index < -0.39 is 0 Å². The van der Waals surface area contributed by atoms with Crippen molar-refractivity contribution >= 4 is 5.91 Å². The highest BCUT2D eigenvalue weighted by Gasteiger charge is 2.28. The molecule has 3 rings (SSSR count). The van der Waals surface area contributed by atoms with E-state index in [2.05, 4.69) is 15.3 Å². The summed E-state index contributed by atoms with van der Waals surface area (Å²) in [6.07, 6.45) is 1.86. The summed E-state index contributed by atoms with van der Waals surface area (Å²) in [6.45, 7) is 4.77. The maximum atomic E-state index is 12.2. The molecule has 1 atom stereocenters. The molecule has 2 aromatic rings. The molecule has 0 spiro atoms. The lowest BCUT2D eigenvalue weighted by atomic mass is 9.97. The molecule has 1 amide bonds. The fraction of sp³-hybridized carbons (Fsp3) is 0.571. The fourth-order valence-corrected chi connectivity index (χ4v) is 2.53. The average molecular weight is 306 g/mol. The van der Waals surface area contributed by atoms with Crippen LogP contribution in [-0.4, -0.2) is 45.8 Å². The number of rotatable bonds is 4. The minimum absolute atomic E-state index is 0.0516. The number of piperidine rings is 1. The van der Waals surface area contributed by atoms with E-state index in [1.807, 2.05) is 0 Å². The van der Waals surface area contributed by atoms with Crippen LogP contribution in [0.1, 0.15) is 36.2 Å². The van der Waals surface area contributed by atoms with Gasteiger partial charge in [-0.2, -0.15) is 4.98 Å². The molecule has 8 heteroatoms. The molecule has 2 aromatic heterocycles. The lowest BCUT2D eigenvalue weighted by molar-refractivity contribution is -0.134. The van der Waals surface area contributed by atoms with Gasteiger partial charge in [-0.1, -0.05) is 5.16 Å². The Morgan fingerprint density at radius 3 is 2.95 bits per heavy atom. The minimum Gasteiger partial charge on any atom is -0.465 e. The van der Waals surface area contributed by atoms with Crippen molar-refractivity contribution in [3.05, 3.63) is 23.5 Å². The second-order valence-corrected chi connectivity index (χ2v) is 5.41. The van der Waals surface area contributed by atoms with Gasteiger partial charge >= 0.3 is 0 Å². The lowest BCUT2D eigenvalue weighted by Gasteiger charge is -2.31. The summed E-state index contributed by atoms with van der Waals surface area (Å²) in [6, 6.07) is 1.65. The van der Waals surface area contributed by atoms with Crippen LogP contribution < -0.4 is 4.74 Å². The van der Waals surface area contributed by atoms with Crippen molar-refractivity contribution in [2.24, 2.45) is 0 Å². The molecular formula is C14H18N4O4. The predicted octanol–water partition coefficient (Wildman–Crippen LogP) is 1.46. The monoisotopic (exact) mass is 306 g/mol. The Kier molecular flexibility index (Phi) is 4.08. The number of carbonyl (C=O) groups excluding carboxylic acids is 1. The van der Waals surface area contributed by atoms with Crippen molar-refractivity contribution in [3.63, 3.8) is 0 Å². The Morgan fingerprint density at radius 1 is 1.41 bits per heavy atom. The van der Waals surface area contributed by atoms with Gasteiger partial charge in [-0.05, 0) is 24.9 Å². The fourth-order valence-electron chi connectivity index (χ4n) is 2.53. The van der Waals surface area contributed by atoms with E-state index in [4.69, 9.17) is 13.8 Å². The summed E-state index contributed by atoms with van der Waals surface area (Å²) in [4.78, 5) is 18.3. The van der Waals surface area contributed by atoms with Gasteiger partial charge in [0.05, 0.1) is 0 Å². The summed E-state index contributed by atoms with van der Waals surface area (Å²) >= 11 is 0. The molecule has 1 aliphatic heterocycles. The molecule has 0 radical (unpaired) electrons. The van der Waals surface area contributed by atoms with Gasteiger partial charge < -0.3 is 18.7 Å². The number of amides is 1. The maximum Gasteiger partial charge on any atom is 0.260 e. The number of ether oxygens (including phenoxy) is 1. The molecule has 0 aliphatic carbocycles. The Bertz CT molecular complexity index is 651. The van der Waals surface area contributed by atoms with E-state index in [1.54, 1.807) is 24.8 Å². The third-order valence-electron chi connectivity index (χ3n) is 3.63. The van der Waals surface area contributed by atoms with Gasteiger partial charge in [-0.3, -0.25) is 4.79 Å². The minimum atomic E-state index is -0.0782. The van der Waals surface area contributed by atoms with Crippen LogP contribution in [0, 0.1) is 13.8 Å². The third kappa shape index (κ3) is 3.26. The summed E-state index contributed by atoms with van der Waals surface area (Å²) in [5, 5.41) is 7.65. The van der Waals surface area contributed by atoms with Crippen molar-refractivity contribution in [3.8, 4) is 5.88 Å². The Hall–Kier alpha value is -2.38. The molecule has 0 saturated carbocycles. The number of nitrogens with zero attached hydrogens (tertiary/aromatic N) is 4. The van der Waals surface area contributed by atoms with E-state index in [0.717, 1.165) is 12.8 Å². The van der Waals surface area contributed by atoms with Crippen molar-refractivity contribution < 1.29 is 18.6 Å². The Balaban J connectivity index is 1.55. The number of hydrogen-bond acceptors (Lipinski definition) is 7. The highest BCUT2D eigenvalue weighted by atomic mass is 16.5. The molecule has 1 saturated heterocycles. The van der Waals surface area contributed by atoms with Gasteiger partial charge in [0.25, 0.3) is 11.8 Å². The number of hydrogen-bond donors (Lipinski definition) is 0. The van der Waals surface area contributed by atoms with E-state index in [0.29, 0.717) is 36.4 Å². The molecular weight excluding hydrogens is 288 g/mol. The van der Waals surface area contributed by atoms with Gasteiger partial charge in [-0.25, -0.2) is 0 Å². The van der Waals surface area contributed by atoms with Crippen LogP contribution in [-0.2, 0) is 4.79 Å². The quantitative estimate of drug-likeness (QED) is 0.843. The average Bonchev–Trinajstić information content (AvgIpc) is 3.13. The Morgan fingerprint density at radius 2 is 2.27 bits per heavy atom. The summed E-state index contributed by atoms with van der Waals surface area (Å²) < 4.78 is 15.2.